The van der Waals surface area contributed by atoms with Crippen LogP contribution in [0.5, 0.6) is 0 Å². The van der Waals surface area contributed by atoms with Gasteiger partial charge in [-0.15, -0.1) is 5.10 Å². The highest BCUT2D eigenvalue weighted by atomic mass is 16.5. The Kier molecular flexibility index (Phi) is 4.46. The summed E-state index contributed by atoms with van der Waals surface area (Å²) in [7, 11) is 0. The number of rotatable bonds is 4. The molecule has 132 valence electrons. The largest absolute Gasteiger partial charge is 0.373 e. The fourth-order valence-corrected chi connectivity index (χ4v) is 3.83. The predicted molar refractivity (Wildman–Crippen MR) is 90.9 cm³/mol. The first-order valence-electron chi connectivity index (χ1n) is 8.68. The van der Waals surface area contributed by atoms with Crippen molar-refractivity contribution in [1.82, 2.24) is 25.5 Å². The van der Waals surface area contributed by atoms with Gasteiger partial charge in [-0.3, -0.25) is 4.79 Å². The number of carbonyl (C=O) groups is 1. The van der Waals surface area contributed by atoms with Crippen LogP contribution in [0.1, 0.15) is 19.3 Å². The van der Waals surface area contributed by atoms with Crippen LogP contribution in [-0.2, 0) is 16.1 Å². The highest BCUT2D eigenvalue weighted by Crippen LogP contribution is 2.37. The third-order valence-corrected chi connectivity index (χ3v) is 5.06. The summed E-state index contributed by atoms with van der Waals surface area (Å²) in [6.07, 6.45) is 4.31. The number of aromatic nitrogens is 4. The zero-order valence-corrected chi connectivity index (χ0v) is 14.0. The van der Waals surface area contributed by atoms with Gasteiger partial charge in [0, 0.05) is 5.69 Å². The average molecular weight is 342 g/mol. The molecule has 1 amide bonds. The first kappa shape index (κ1) is 16.2. The Bertz CT molecular complexity index is 699. The minimum Gasteiger partial charge on any atom is -0.373 e. The van der Waals surface area contributed by atoms with E-state index < -0.39 is 0 Å². The lowest BCUT2D eigenvalue weighted by Gasteiger charge is -2.34. The molecular formula is C17H22N6O2. The van der Waals surface area contributed by atoms with Gasteiger partial charge in [0.2, 0.25) is 5.91 Å². The van der Waals surface area contributed by atoms with Crippen LogP contribution < -0.4 is 10.2 Å². The van der Waals surface area contributed by atoms with Crippen molar-refractivity contribution in [1.29, 1.82) is 0 Å². The molecule has 2 aliphatic rings. The van der Waals surface area contributed by atoms with Crippen molar-refractivity contribution < 1.29 is 9.53 Å². The first-order chi connectivity index (χ1) is 12.3. The summed E-state index contributed by atoms with van der Waals surface area (Å²) in [6, 6.07) is 9.80. The minimum atomic E-state index is -0.0992. The summed E-state index contributed by atoms with van der Waals surface area (Å²) >= 11 is 0. The highest BCUT2D eigenvalue weighted by molar-refractivity contribution is 5.93. The minimum absolute atomic E-state index is 0.0296. The Morgan fingerprint density at radius 2 is 2.12 bits per heavy atom. The third kappa shape index (κ3) is 3.40. The number of anilines is 1. The second-order valence-electron chi connectivity index (χ2n) is 6.71. The van der Waals surface area contributed by atoms with E-state index in [4.69, 9.17) is 4.74 Å². The summed E-state index contributed by atoms with van der Waals surface area (Å²) in [5.41, 5.74) is 0.790. The van der Waals surface area contributed by atoms with Crippen LogP contribution in [0.2, 0.25) is 0 Å². The van der Waals surface area contributed by atoms with E-state index in [1.807, 2.05) is 35.2 Å². The number of amides is 1. The molecule has 0 radical (unpaired) electrons. The summed E-state index contributed by atoms with van der Waals surface area (Å²) in [5.74, 6) is -0.0296. The van der Waals surface area contributed by atoms with Crippen molar-refractivity contribution in [2.24, 2.45) is 0 Å². The molecule has 25 heavy (non-hydrogen) atoms. The Morgan fingerprint density at radius 3 is 2.84 bits per heavy atom. The van der Waals surface area contributed by atoms with Gasteiger partial charge in [0.25, 0.3) is 0 Å². The van der Waals surface area contributed by atoms with E-state index >= 15 is 0 Å². The molecule has 1 aromatic heterocycles. The Morgan fingerprint density at radius 1 is 1.32 bits per heavy atom. The van der Waals surface area contributed by atoms with E-state index in [0.717, 1.165) is 38.0 Å². The Balaban J connectivity index is 1.56. The van der Waals surface area contributed by atoms with Gasteiger partial charge in [0.1, 0.15) is 12.9 Å². The van der Waals surface area contributed by atoms with E-state index in [1.54, 1.807) is 0 Å². The lowest BCUT2D eigenvalue weighted by Crippen LogP contribution is -2.45. The number of tetrazole rings is 1. The van der Waals surface area contributed by atoms with Gasteiger partial charge >= 0.3 is 0 Å². The van der Waals surface area contributed by atoms with Gasteiger partial charge in [0.15, 0.2) is 0 Å². The summed E-state index contributed by atoms with van der Waals surface area (Å²) in [5, 5.41) is 14.4. The average Bonchev–Trinajstić information content (AvgIpc) is 3.28. The second-order valence-corrected chi connectivity index (χ2v) is 6.71. The van der Waals surface area contributed by atoms with Crippen molar-refractivity contribution >= 4 is 11.6 Å². The van der Waals surface area contributed by atoms with Gasteiger partial charge in [-0.2, -0.15) is 0 Å². The van der Waals surface area contributed by atoms with Crippen LogP contribution in [0.25, 0.3) is 0 Å². The molecule has 3 heterocycles. The van der Waals surface area contributed by atoms with E-state index in [9.17, 15) is 4.79 Å². The topological polar surface area (TPSA) is 85.2 Å². The number of benzene rings is 1. The van der Waals surface area contributed by atoms with Gasteiger partial charge in [-0.1, -0.05) is 18.2 Å². The van der Waals surface area contributed by atoms with Gasteiger partial charge in [-0.05, 0) is 54.9 Å². The summed E-state index contributed by atoms with van der Waals surface area (Å²) in [4.78, 5) is 14.9. The molecule has 8 nitrogen and oxygen atoms in total. The van der Waals surface area contributed by atoms with Crippen LogP contribution >= 0.6 is 0 Å². The zero-order valence-electron chi connectivity index (χ0n) is 14.0. The molecule has 1 aromatic carbocycles. The van der Waals surface area contributed by atoms with E-state index in [1.165, 1.54) is 11.0 Å². The maximum absolute atomic E-state index is 13.0. The number of carbonyl (C=O) groups excluding carboxylic acids is 1. The predicted octanol–water partition coefficient (Wildman–Crippen LogP) is 0.617. The van der Waals surface area contributed by atoms with Crippen LogP contribution in [0.3, 0.4) is 0 Å². The molecule has 0 aliphatic carbocycles. The lowest BCUT2D eigenvalue weighted by molar-refractivity contribution is -0.119. The maximum atomic E-state index is 13.0. The third-order valence-electron chi connectivity index (χ3n) is 5.06. The van der Waals surface area contributed by atoms with E-state index in [2.05, 4.69) is 20.8 Å². The van der Waals surface area contributed by atoms with Crippen LogP contribution in [0, 0.1) is 0 Å². The molecule has 1 atom stereocenters. The molecule has 1 N–H and O–H groups in total. The van der Waals surface area contributed by atoms with Gasteiger partial charge < -0.3 is 15.0 Å². The van der Waals surface area contributed by atoms with Gasteiger partial charge in [0.05, 0.1) is 18.2 Å². The van der Waals surface area contributed by atoms with Crippen molar-refractivity contribution in [2.75, 3.05) is 24.6 Å². The SMILES string of the molecule is O=C(Cn1cnnn1)N(c1ccccc1)[C@H]1COC2(CCNCC2)C1. The number of hydrogen-bond donors (Lipinski definition) is 1. The molecule has 0 bridgehead atoms. The highest BCUT2D eigenvalue weighted by Gasteiger charge is 2.44. The standard InChI is InChI=1S/C17H22N6O2/c24-16(11-22-13-19-20-21-22)23(14-4-2-1-3-5-14)15-10-17(25-12-15)6-8-18-9-7-17/h1-5,13,15,18H,6-12H2/t15-/m1/s1. The molecule has 0 saturated carbocycles. The molecule has 2 aromatic rings. The first-order valence-corrected chi connectivity index (χ1v) is 8.68. The molecule has 4 rings (SSSR count). The number of nitrogens with one attached hydrogen (secondary N) is 1. The monoisotopic (exact) mass is 342 g/mol. The zero-order chi connectivity index (χ0) is 17.1. The number of nitrogens with zero attached hydrogens (tertiary/aromatic N) is 5. The van der Waals surface area contributed by atoms with Crippen molar-refractivity contribution in [3.63, 3.8) is 0 Å². The van der Waals surface area contributed by atoms with Crippen molar-refractivity contribution in [2.45, 2.75) is 37.5 Å². The fourth-order valence-electron chi connectivity index (χ4n) is 3.83. The van der Waals surface area contributed by atoms with Crippen LogP contribution in [-0.4, -0.2) is 57.5 Å². The number of para-hydroxylation sites is 1. The molecule has 1 spiro atoms. The van der Waals surface area contributed by atoms with E-state index in [-0.39, 0.29) is 24.1 Å². The van der Waals surface area contributed by atoms with Crippen molar-refractivity contribution in [3.8, 4) is 0 Å². The van der Waals surface area contributed by atoms with Crippen molar-refractivity contribution in [3.05, 3.63) is 36.7 Å². The normalized spacial score (nSPS) is 22.2. The number of hydrogen-bond acceptors (Lipinski definition) is 6. The number of piperidine rings is 1. The molecule has 2 fully saturated rings. The quantitative estimate of drug-likeness (QED) is 0.877. The number of ether oxygens (including phenoxy) is 1. The maximum Gasteiger partial charge on any atom is 0.249 e. The Labute approximate surface area is 146 Å². The smallest absolute Gasteiger partial charge is 0.249 e. The molecular weight excluding hydrogens is 320 g/mol. The fraction of sp³-hybridized carbons (Fsp3) is 0.529. The van der Waals surface area contributed by atoms with E-state index in [0.29, 0.717) is 6.61 Å². The summed E-state index contributed by atoms with van der Waals surface area (Å²) in [6.45, 7) is 2.62. The molecule has 0 unspecified atom stereocenters. The Hall–Kier alpha value is -2.32. The van der Waals surface area contributed by atoms with Crippen LogP contribution in [0.4, 0.5) is 5.69 Å². The second kappa shape index (κ2) is 6.89. The molecule has 8 heteroatoms. The summed E-state index contributed by atoms with van der Waals surface area (Å²) < 4.78 is 7.65. The molecule has 2 aliphatic heterocycles. The molecule has 2 saturated heterocycles. The van der Waals surface area contributed by atoms with Gasteiger partial charge in [-0.25, -0.2) is 4.68 Å². The van der Waals surface area contributed by atoms with Crippen LogP contribution in [0.15, 0.2) is 36.7 Å². The lowest BCUT2D eigenvalue weighted by atomic mass is 9.88.